The largest absolute Gasteiger partial charge is 0.328 e. The van der Waals surface area contributed by atoms with Gasteiger partial charge in [-0.2, -0.15) is 0 Å². The van der Waals surface area contributed by atoms with Crippen LogP contribution in [-0.2, 0) is 0 Å². The summed E-state index contributed by atoms with van der Waals surface area (Å²) in [4.78, 5) is 5.07. The first-order chi connectivity index (χ1) is 6.75. The molecular weight excluding hydrogens is 281 g/mol. The van der Waals surface area contributed by atoms with E-state index in [0.29, 0.717) is 6.04 Å². The molecule has 1 heterocycles. The van der Waals surface area contributed by atoms with Crippen LogP contribution in [-0.4, -0.2) is 55.1 Å². The van der Waals surface area contributed by atoms with Gasteiger partial charge >= 0.3 is 0 Å². The van der Waals surface area contributed by atoms with Crippen molar-refractivity contribution in [3.63, 3.8) is 0 Å². The van der Waals surface area contributed by atoms with E-state index >= 15 is 0 Å². The lowest BCUT2D eigenvalue weighted by molar-refractivity contribution is 0.0869. The Labute approximate surface area is 124 Å². The summed E-state index contributed by atoms with van der Waals surface area (Å²) in [6.45, 7) is 4.94. The van der Waals surface area contributed by atoms with E-state index < -0.39 is 0 Å². The maximum Gasteiger partial charge on any atom is 0.0113 e. The minimum atomic E-state index is 0. The van der Waals surface area contributed by atoms with E-state index in [9.17, 15) is 0 Å². The molecular formula is C11H26Cl3N3. The van der Waals surface area contributed by atoms with Gasteiger partial charge in [0.15, 0.2) is 0 Å². The Kier molecular flexibility index (Phi) is 11.4. The van der Waals surface area contributed by atoms with Crippen molar-refractivity contribution in [2.45, 2.75) is 37.8 Å². The van der Waals surface area contributed by atoms with Crippen molar-refractivity contribution >= 4 is 37.2 Å². The van der Waals surface area contributed by atoms with Crippen LogP contribution in [0.1, 0.15) is 25.7 Å². The van der Waals surface area contributed by atoms with Gasteiger partial charge in [-0.05, 0) is 26.3 Å². The average molecular weight is 307 g/mol. The monoisotopic (exact) mass is 305 g/mol. The normalized spacial score (nSPS) is 30.7. The molecule has 0 aromatic carbocycles. The first kappa shape index (κ1) is 20.1. The Morgan fingerprint density at radius 2 is 1.53 bits per heavy atom. The van der Waals surface area contributed by atoms with Crippen LogP contribution in [0.4, 0.5) is 0 Å². The van der Waals surface area contributed by atoms with Gasteiger partial charge in [-0.15, -0.1) is 37.2 Å². The smallest absolute Gasteiger partial charge is 0.0113 e. The number of nitrogens with two attached hydrogens (primary N) is 1. The van der Waals surface area contributed by atoms with E-state index in [4.69, 9.17) is 5.73 Å². The molecule has 2 unspecified atom stereocenters. The Morgan fingerprint density at radius 1 is 0.941 bits per heavy atom. The molecule has 2 atom stereocenters. The Bertz CT molecular complexity index is 187. The zero-order valence-electron chi connectivity index (χ0n) is 10.5. The van der Waals surface area contributed by atoms with Crippen LogP contribution in [0.5, 0.6) is 0 Å². The summed E-state index contributed by atoms with van der Waals surface area (Å²) in [6.07, 6.45) is 5.17. The molecule has 1 saturated heterocycles. The van der Waals surface area contributed by atoms with Crippen molar-refractivity contribution in [1.29, 1.82) is 0 Å². The lowest BCUT2D eigenvalue weighted by Gasteiger charge is -2.40. The first-order valence-corrected chi connectivity index (χ1v) is 5.94. The molecule has 0 aromatic rings. The predicted octanol–water partition coefficient (Wildman–Crippen LogP) is 1.77. The van der Waals surface area contributed by atoms with Gasteiger partial charge in [0.2, 0.25) is 0 Å². The molecule has 2 fully saturated rings. The van der Waals surface area contributed by atoms with Crippen molar-refractivity contribution in [2.24, 2.45) is 5.73 Å². The summed E-state index contributed by atoms with van der Waals surface area (Å²) < 4.78 is 0. The molecule has 1 aliphatic heterocycles. The zero-order chi connectivity index (χ0) is 9.97. The van der Waals surface area contributed by atoms with Gasteiger partial charge in [-0.3, -0.25) is 4.90 Å². The Balaban J connectivity index is 0. The molecule has 106 valence electrons. The maximum atomic E-state index is 6.02. The topological polar surface area (TPSA) is 32.5 Å². The average Bonchev–Trinajstić information content (AvgIpc) is 2.19. The molecule has 1 aliphatic carbocycles. The fourth-order valence-corrected chi connectivity index (χ4v) is 2.72. The van der Waals surface area contributed by atoms with Gasteiger partial charge in [0.05, 0.1) is 0 Å². The van der Waals surface area contributed by atoms with E-state index in [0.717, 1.165) is 6.04 Å². The molecule has 2 N–H and O–H groups in total. The zero-order valence-corrected chi connectivity index (χ0v) is 13.0. The molecule has 0 aromatic heterocycles. The second-order valence-electron chi connectivity index (χ2n) is 4.92. The van der Waals surface area contributed by atoms with Crippen LogP contribution in [0.2, 0.25) is 0 Å². The van der Waals surface area contributed by atoms with Gasteiger partial charge in [0, 0.05) is 38.3 Å². The van der Waals surface area contributed by atoms with Crippen molar-refractivity contribution in [2.75, 3.05) is 33.2 Å². The molecule has 0 spiro atoms. The van der Waals surface area contributed by atoms with E-state index in [1.165, 1.54) is 51.9 Å². The predicted molar refractivity (Wildman–Crippen MR) is 81.0 cm³/mol. The molecule has 1 saturated carbocycles. The van der Waals surface area contributed by atoms with Gasteiger partial charge in [0.1, 0.15) is 0 Å². The summed E-state index contributed by atoms with van der Waals surface area (Å²) in [6, 6.07) is 1.25. The van der Waals surface area contributed by atoms with Crippen LogP contribution in [0.15, 0.2) is 0 Å². The Hall–Kier alpha value is 0.750. The first-order valence-electron chi connectivity index (χ1n) is 5.94. The van der Waals surface area contributed by atoms with Crippen LogP contribution in [0.3, 0.4) is 0 Å². The summed E-state index contributed by atoms with van der Waals surface area (Å²) in [5, 5.41) is 0. The summed E-state index contributed by atoms with van der Waals surface area (Å²) in [5.41, 5.74) is 6.02. The van der Waals surface area contributed by atoms with Gasteiger partial charge in [-0.25, -0.2) is 0 Å². The molecule has 6 heteroatoms. The fourth-order valence-electron chi connectivity index (χ4n) is 2.72. The molecule has 0 amide bonds. The van der Waals surface area contributed by atoms with Gasteiger partial charge in [-0.1, -0.05) is 6.42 Å². The van der Waals surface area contributed by atoms with Gasteiger partial charge < -0.3 is 10.6 Å². The molecule has 17 heavy (non-hydrogen) atoms. The lowest BCUT2D eigenvalue weighted by atomic mass is 9.90. The summed E-state index contributed by atoms with van der Waals surface area (Å²) >= 11 is 0. The number of nitrogens with zero attached hydrogens (tertiary/aromatic N) is 2. The van der Waals surface area contributed by atoms with Crippen molar-refractivity contribution < 1.29 is 0 Å². The van der Waals surface area contributed by atoms with Crippen molar-refractivity contribution in [1.82, 2.24) is 9.80 Å². The molecule has 0 bridgehead atoms. The second-order valence-corrected chi connectivity index (χ2v) is 4.92. The van der Waals surface area contributed by atoms with E-state index in [2.05, 4.69) is 16.8 Å². The molecule has 3 nitrogen and oxygen atoms in total. The van der Waals surface area contributed by atoms with Crippen LogP contribution in [0.25, 0.3) is 0 Å². The third-order valence-corrected chi connectivity index (χ3v) is 3.74. The van der Waals surface area contributed by atoms with E-state index in [1.807, 2.05) is 0 Å². The quantitative estimate of drug-likeness (QED) is 0.801. The highest BCUT2D eigenvalue weighted by Crippen LogP contribution is 2.22. The summed E-state index contributed by atoms with van der Waals surface area (Å²) in [5.74, 6) is 0. The van der Waals surface area contributed by atoms with Crippen LogP contribution in [0, 0.1) is 0 Å². The standard InChI is InChI=1S/C11H23N3.3ClH/c1-13-5-7-14(8-6-13)11-4-2-3-10(12)9-11;;;/h10-11H,2-9,12H2,1H3;3*1H. The minimum Gasteiger partial charge on any atom is -0.328 e. The maximum absolute atomic E-state index is 6.02. The molecule has 0 radical (unpaired) electrons. The Morgan fingerprint density at radius 3 is 2.06 bits per heavy atom. The van der Waals surface area contributed by atoms with Crippen molar-refractivity contribution in [3.05, 3.63) is 0 Å². The van der Waals surface area contributed by atoms with E-state index in [1.54, 1.807) is 0 Å². The second kappa shape index (κ2) is 9.65. The molecule has 2 rings (SSSR count). The fraction of sp³-hybridized carbons (Fsp3) is 1.00. The minimum absolute atomic E-state index is 0. The number of likely N-dealkylation sites (N-methyl/N-ethyl adjacent to an activating group) is 1. The number of piperazine rings is 1. The van der Waals surface area contributed by atoms with Crippen LogP contribution < -0.4 is 5.73 Å². The number of rotatable bonds is 1. The number of hydrogen-bond acceptors (Lipinski definition) is 3. The highest BCUT2D eigenvalue weighted by molar-refractivity contribution is 5.86. The molecule has 2 aliphatic rings. The van der Waals surface area contributed by atoms with E-state index in [-0.39, 0.29) is 37.2 Å². The highest BCUT2D eigenvalue weighted by Gasteiger charge is 2.26. The third-order valence-electron chi connectivity index (χ3n) is 3.74. The highest BCUT2D eigenvalue weighted by atomic mass is 35.5. The third kappa shape index (κ3) is 5.95. The van der Waals surface area contributed by atoms with Gasteiger partial charge in [0.25, 0.3) is 0 Å². The van der Waals surface area contributed by atoms with Crippen LogP contribution >= 0.6 is 37.2 Å². The lowest BCUT2D eigenvalue weighted by Crippen LogP contribution is -2.51. The SMILES string of the molecule is CN1CCN(C2CCCC(N)C2)CC1.Cl.Cl.Cl. The van der Waals surface area contributed by atoms with Crippen molar-refractivity contribution in [3.8, 4) is 0 Å². The number of halogens is 3. The number of hydrogen-bond donors (Lipinski definition) is 1. The summed E-state index contributed by atoms with van der Waals surface area (Å²) in [7, 11) is 2.21.